The molecule has 0 aliphatic heterocycles. The second kappa shape index (κ2) is 7.05. The summed E-state index contributed by atoms with van der Waals surface area (Å²) in [6.07, 6.45) is 1.34. The average Bonchev–Trinajstić information content (AvgIpc) is 2.88. The molecule has 1 aromatic carbocycles. The molecule has 0 saturated carbocycles. The van der Waals surface area contributed by atoms with Gasteiger partial charge < -0.3 is 9.32 Å². The Hall–Kier alpha value is -2.68. The lowest BCUT2D eigenvalue weighted by molar-refractivity contribution is -0.384. The third-order valence-corrected chi connectivity index (χ3v) is 3.34. The van der Waals surface area contributed by atoms with Crippen LogP contribution in [-0.4, -0.2) is 31.1 Å². The number of nitrogens with one attached hydrogen (secondary N) is 1. The molecule has 9 heteroatoms. The average molecular weight is 381 g/mol. The summed E-state index contributed by atoms with van der Waals surface area (Å²) in [6.45, 7) is 0. The van der Waals surface area contributed by atoms with Crippen LogP contribution < -0.4 is 10.3 Å². The maximum Gasteiger partial charge on any atom is 0.271 e. The van der Waals surface area contributed by atoms with Gasteiger partial charge in [0.25, 0.3) is 11.6 Å². The smallest absolute Gasteiger partial charge is 0.271 e. The Morgan fingerprint density at radius 1 is 1.43 bits per heavy atom. The fourth-order valence-electron chi connectivity index (χ4n) is 1.72. The van der Waals surface area contributed by atoms with Gasteiger partial charge in [0.15, 0.2) is 5.76 Å². The summed E-state index contributed by atoms with van der Waals surface area (Å²) in [5.74, 6) is 0.514. The van der Waals surface area contributed by atoms with Crippen molar-refractivity contribution in [3.63, 3.8) is 0 Å². The lowest BCUT2D eigenvalue weighted by Gasteiger charge is -2.07. The lowest BCUT2D eigenvalue weighted by Crippen LogP contribution is -2.17. The Morgan fingerprint density at radius 3 is 2.78 bits per heavy atom. The quantitative estimate of drug-likeness (QED) is 0.488. The minimum absolute atomic E-state index is 0.144. The summed E-state index contributed by atoms with van der Waals surface area (Å²) >= 11 is 3.35. The third-order valence-electron chi connectivity index (χ3n) is 2.77. The maximum absolute atomic E-state index is 11.9. The normalized spacial score (nSPS) is 10.7. The number of hydrazone groups is 1. The van der Waals surface area contributed by atoms with E-state index < -0.39 is 10.8 Å². The number of nitrogens with zero attached hydrogens (tertiary/aromatic N) is 3. The van der Waals surface area contributed by atoms with Gasteiger partial charge in [-0.25, -0.2) is 5.43 Å². The SMILES string of the molecule is CN(C)c1oc(C=NNC(=O)c2cccc([N+](=O)[O-])c2)cc1Br. The van der Waals surface area contributed by atoms with E-state index in [1.807, 2.05) is 14.1 Å². The fraction of sp³-hybridized carbons (Fsp3) is 0.143. The Morgan fingerprint density at radius 2 is 2.17 bits per heavy atom. The fourth-order valence-corrected chi connectivity index (χ4v) is 2.39. The van der Waals surface area contributed by atoms with Crippen molar-refractivity contribution in [1.82, 2.24) is 5.43 Å². The molecule has 0 aliphatic rings. The van der Waals surface area contributed by atoms with Crippen LogP contribution in [0.4, 0.5) is 11.6 Å². The standard InChI is InChI=1S/C14H13BrN4O4/c1-18(2)14-12(15)7-11(23-14)8-16-17-13(20)9-4-3-5-10(6-9)19(21)22/h3-8H,1-2H3,(H,17,20). The molecular formula is C14H13BrN4O4. The first kappa shape index (κ1) is 16.7. The number of anilines is 1. The zero-order valence-electron chi connectivity index (χ0n) is 12.3. The van der Waals surface area contributed by atoms with Gasteiger partial charge in [0.2, 0.25) is 5.88 Å². The van der Waals surface area contributed by atoms with Gasteiger partial charge in [-0.15, -0.1) is 0 Å². The molecule has 0 bridgehead atoms. The molecule has 0 aliphatic carbocycles. The lowest BCUT2D eigenvalue weighted by atomic mass is 10.2. The van der Waals surface area contributed by atoms with E-state index in [2.05, 4.69) is 26.5 Å². The van der Waals surface area contributed by atoms with Crippen LogP contribution in [0.25, 0.3) is 0 Å². The molecule has 0 atom stereocenters. The zero-order chi connectivity index (χ0) is 17.0. The molecule has 8 nitrogen and oxygen atoms in total. The van der Waals surface area contributed by atoms with Crippen molar-refractivity contribution in [2.24, 2.45) is 5.10 Å². The van der Waals surface area contributed by atoms with Crippen molar-refractivity contribution in [3.8, 4) is 0 Å². The second-order valence-corrected chi connectivity index (χ2v) is 5.56. The molecule has 2 aromatic rings. The van der Waals surface area contributed by atoms with E-state index in [1.165, 1.54) is 30.5 Å². The van der Waals surface area contributed by atoms with Gasteiger partial charge in [0, 0.05) is 37.9 Å². The van der Waals surface area contributed by atoms with E-state index >= 15 is 0 Å². The first-order valence-corrected chi connectivity index (χ1v) is 7.22. The Balaban J connectivity index is 2.05. The van der Waals surface area contributed by atoms with E-state index in [0.29, 0.717) is 11.6 Å². The number of hydrogen-bond donors (Lipinski definition) is 1. The highest BCUT2D eigenvalue weighted by molar-refractivity contribution is 9.10. The van der Waals surface area contributed by atoms with Crippen molar-refractivity contribution in [3.05, 3.63) is 56.2 Å². The van der Waals surface area contributed by atoms with Crippen molar-refractivity contribution in [1.29, 1.82) is 0 Å². The minimum atomic E-state index is -0.566. The van der Waals surface area contributed by atoms with Gasteiger partial charge in [-0.05, 0) is 22.0 Å². The highest BCUT2D eigenvalue weighted by atomic mass is 79.9. The number of rotatable bonds is 5. The molecule has 0 spiro atoms. The maximum atomic E-state index is 11.9. The molecule has 1 heterocycles. The highest BCUT2D eigenvalue weighted by Gasteiger charge is 2.11. The van der Waals surface area contributed by atoms with Crippen molar-refractivity contribution in [2.75, 3.05) is 19.0 Å². The molecule has 0 radical (unpaired) electrons. The van der Waals surface area contributed by atoms with Crippen LogP contribution in [0.3, 0.4) is 0 Å². The van der Waals surface area contributed by atoms with Crippen LogP contribution in [0.15, 0.2) is 44.3 Å². The largest absolute Gasteiger partial charge is 0.438 e. The molecule has 2 rings (SSSR count). The van der Waals surface area contributed by atoms with Crippen LogP contribution in [0.5, 0.6) is 0 Å². The molecule has 1 amide bonds. The third kappa shape index (κ3) is 4.16. The van der Waals surface area contributed by atoms with Crippen molar-refractivity contribution in [2.45, 2.75) is 0 Å². The number of hydrogen-bond acceptors (Lipinski definition) is 6. The number of amides is 1. The first-order valence-electron chi connectivity index (χ1n) is 6.43. The predicted octanol–water partition coefficient (Wildman–Crippen LogP) is 2.78. The summed E-state index contributed by atoms with van der Waals surface area (Å²) in [5.41, 5.74) is 2.27. The topological polar surface area (TPSA) is 101 Å². The number of benzene rings is 1. The van der Waals surface area contributed by atoms with Gasteiger partial charge >= 0.3 is 0 Å². The number of carbonyl (C=O) groups excluding carboxylic acids is 1. The van der Waals surface area contributed by atoms with E-state index in [9.17, 15) is 14.9 Å². The molecule has 0 unspecified atom stereocenters. The summed E-state index contributed by atoms with van der Waals surface area (Å²) in [6, 6.07) is 7.09. The number of carbonyl (C=O) groups is 1. The van der Waals surface area contributed by atoms with Gasteiger partial charge in [0.1, 0.15) is 0 Å². The number of nitro benzene ring substituents is 1. The first-order chi connectivity index (χ1) is 10.9. The van der Waals surface area contributed by atoms with Crippen LogP contribution in [0.1, 0.15) is 16.1 Å². The Labute approximate surface area is 140 Å². The van der Waals surface area contributed by atoms with Crippen LogP contribution in [-0.2, 0) is 0 Å². The monoisotopic (exact) mass is 380 g/mol. The predicted molar refractivity (Wildman–Crippen MR) is 88.9 cm³/mol. The number of nitro groups is 1. The molecule has 1 aromatic heterocycles. The van der Waals surface area contributed by atoms with Crippen molar-refractivity contribution >= 4 is 39.6 Å². The van der Waals surface area contributed by atoms with Gasteiger partial charge in [0.05, 0.1) is 15.6 Å². The van der Waals surface area contributed by atoms with Crippen LogP contribution in [0, 0.1) is 10.1 Å². The summed E-state index contributed by atoms with van der Waals surface area (Å²) < 4.78 is 6.26. The van der Waals surface area contributed by atoms with E-state index in [-0.39, 0.29) is 11.3 Å². The molecule has 120 valence electrons. The van der Waals surface area contributed by atoms with Crippen molar-refractivity contribution < 1.29 is 14.1 Å². The van der Waals surface area contributed by atoms with Gasteiger partial charge in [-0.1, -0.05) is 6.07 Å². The number of furan rings is 1. The minimum Gasteiger partial charge on any atom is -0.438 e. The zero-order valence-corrected chi connectivity index (χ0v) is 13.9. The summed E-state index contributed by atoms with van der Waals surface area (Å²) in [7, 11) is 3.66. The van der Waals surface area contributed by atoms with Gasteiger partial charge in [-0.3, -0.25) is 14.9 Å². The van der Waals surface area contributed by atoms with Crippen LogP contribution in [0.2, 0.25) is 0 Å². The van der Waals surface area contributed by atoms with E-state index in [1.54, 1.807) is 11.0 Å². The van der Waals surface area contributed by atoms with E-state index in [0.717, 1.165) is 4.47 Å². The van der Waals surface area contributed by atoms with Gasteiger partial charge in [-0.2, -0.15) is 5.10 Å². The second-order valence-electron chi connectivity index (χ2n) is 4.70. The van der Waals surface area contributed by atoms with Crippen LogP contribution >= 0.6 is 15.9 Å². The molecule has 1 N–H and O–H groups in total. The summed E-state index contributed by atoms with van der Waals surface area (Å²) in [4.78, 5) is 23.8. The Kier molecular flexibility index (Phi) is 5.12. The molecular weight excluding hydrogens is 368 g/mol. The Bertz CT molecular complexity index is 770. The molecule has 0 saturated heterocycles. The number of halogens is 1. The summed E-state index contributed by atoms with van der Waals surface area (Å²) in [5, 5.41) is 14.5. The molecule has 23 heavy (non-hydrogen) atoms. The number of non-ortho nitro benzene ring substituents is 1. The van der Waals surface area contributed by atoms with E-state index in [4.69, 9.17) is 4.42 Å². The highest BCUT2D eigenvalue weighted by Crippen LogP contribution is 2.27. The molecule has 0 fully saturated rings.